The first-order valence-electron chi connectivity index (χ1n) is 6.41. The Morgan fingerprint density at radius 2 is 1.86 bits per heavy atom. The second-order valence-corrected chi connectivity index (χ2v) is 4.81. The Morgan fingerprint density at radius 3 is 2.57 bits per heavy atom. The number of rotatable bonds is 3. The van der Waals surface area contributed by atoms with E-state index in [0.717, 1.165) is 15.7 Å². The van der Waals surface area contributed by atoms with Crippen molar-refractivity contribution < 1.29 is 19.5 Å². The van der Waals surface area contributed by atoms with Crippen molar-refractivity contribution in [2.75, 3.05) is 4.90 Å². The quantitative estimate of drug-likeness (QED) is 0.840. The fourth-order valence-electron chi connectivity index (χ4n) is 2.40. The summed E-state index contributed by atoms with van der Waals surface area (Å²) in [6.07, 6.45) is -0.422. The van der Waals surface area contributed by atoms with Crippen molar-refractivity contribution in [3.63, 3.8) is 0 Å². The summed E-state index contributed by atoms with van der Waals surface area (Å²) in [7, 11) is 0. The van der Waals surface area contributed by atoms with Crippen molar-refractivity contribution in [1.29, 1.82) is 0 Å². The van der Waals surface area contributed by atoms with Gasteiger partial charge in [-0.05, 0) is 22.9 Å². The van der Waals surface area contributed by atoms with Crippen LogP contribution < -0.4 is 10.2 Å². The van der Waals surface area contributed by atoms with Crippen molar-refractivity contribution >= 4 is 34.4 Å². The first kappa shape index (κ1) is 13.1. The van der Waals surface area contributed by atoms with Crippen molar-refractivity contribution in [2.24, 2.45) is 0 Å². The molecule has 0 unspecified atom stereocenters. The molecule has 1 saturated heterocycles. The number of carboxylic acids is 1. The van der Waals surface area contributed by atoms with E-state index in [1.54, 1.807) is 12.1 Å². The summed E-state index contributed by atoms with van der Waals surface area (Å²) in [5.41, 5.74) is 0.434. The zero-order chi connectivity index (χ0) is 15.0. The summed E-state index contributed by atoms with van der Waals surface area (Å²) in [5.74, 6) is -1.67. The van der Waals surface area contributed by atoms with Gasteiger partial charge >= 0.3 is 12.0 Å². The highest BCUT2D eigenvalue weighted by molar-refractivity contribution is 6.22. The van der Waals surface area contributed by atoms with Crippen LogP contribution in [-0.2, 0) is 9.59 Å². The maximum Gasteiger partial charge on any atom is 0.329 e. The minimum atomic E-state index is -1.13. The van der Waals surface area contributed by atoms with Crippen molar-refractivity contribution in [3.8, 4) is 0 Å². The Hall–Kier alpha value is -2.89. The number of imide groups is 1. The molecule has 0 bridgehead atoms. The van der Waals surface area contributed by atoms with Gasteiger partial charge in [0.25, 0.3) is 5.91 Å². The van der Waals surface area contributed by atoms with Crippen LogP contribution in [0.4, 0.5) is 10.5 Å². The first-order chi connectivity index (χ1) is 10.1. The van der Waals surface area contributed by atoms with E-state index < -0.39 is 30.4 Å². The normalized spacial score (nSPS) is 18.1. The van der Waals surface area contributed by atoms with Crippen LogP contribution in [0, 0.1) is 0 Å². The third-order valence-electron chi connectivity index (χ3n) is 3.39. The molecule has 6 heteroatoms. The van der Waals surface area contributed by atoms with Crippen LogP contribution >= 0.6 is 0 Å². The Morgan fingerprint density at radius 1 is 1.14 bits per heavy atom. The number of aliphatic carboxylic acids is 1. The highest BCUT2D eigenvalue weighted by atomic mass is 16.4. The molecule has 0 aromatic heterocycles. The van der Waals surface area contributed by atoms with Gasteiger partial charge in [-0.2, -0.15) is 0 Å². The second-order valence-electron chi connectivity index (χ2n) is 4.81. The van der Waals surface area contributed by atoms with E-state index in [9.17, 15) is 14.4 Å². The molecule has 2 aromatic rings. The molecule has 0 saturated carbocycles. The molecule has 2 N–H and O–H groups in total. The van der Waals surface area contributed by atoms with E-state index in [1.165, 1.54) is 0 Å². The maximum absolute atomic E-state index is 12.2. The number of carbonyl (C=O) groups excluding carboxylic acids is 2. The molecule has 0 radical (unpaired) electrons. The van der Waals surface area contributed by atoms with E-state index in [2.05, 4.69) is 5.32 Å². The lowest BCUT2D eigenvalue weighted by Crippen LogP contribution is -2.32. The predicted octanol–water partition coefficient (Wildman–Crippen LogP) is 1.74. The lowest BCUT2D eigenvalue weighted by Gasteiger charge is -2.13. The number of fused-ring (bicyclic) bond motifs is 1. The number of nitrogens with zero attached hydrogens (tertiary/aromatic N) is 1. The number of benzene rings is 2. The van der Waals surface area contributed by atoms with Crippen LogP contribution in [0.15, 0.2) is 42.5 Å². The molecule has 3 amide bonds. The monoisotopic (exact) mass is 284 g/mol. The van der Waals surface area contributed by atoms with E-state index in [1.807, 2.05) is 30.3 Å². The molecular weight excluding hydrogens is 272 g/mol. The number of amides is 3. The highest BCUT2D eigenvalue weighted by Crippen LogP contribution is 2.25. The van der Waals surface area contributed by atoms with Gasteiger partial charge in [-0.3, -0.25) is 9.59 Å². The lowest BCUT2D eigenvalue weighted by molar-refractivity contribution is -0.139. The van der Waals surface area contributed by atoms with Crippen LogP contribution in [0.2, 0.25) is 0 Å². The first-order valence-corrected chi connectivity index (χ1v) is 6.41. The van der Waals surface area contributed by atoms with E-state index in [4.69, 9.17) is 5.11 Å². The van der Waals surface area contributed by atoms with Gasteiger partial charge in [0.15, 0.2) is 0 Å². The molecule has 6 nitrogen and oxygen atoms in total. The minimum absolute atomic E-state index is 0.422. The van der Waals surface area contributed by atoms with Gasteiger partial charge in [0.2, 0.25) is 0 Å². The number of nitrogens with one attached hydrogen (secondary N) is 1. The van der Waals surface area contributed by atoms with Crippen LogP contribution in [0.1, 0.15) is 6.42 Å². The van der Waals surface area contributed by atoms with Crippen LogP contribution in [0.25, 0.3) is 10.8 Å². The van der Waals surface area contributed by atoms with E-state index >= 15 is 0 Å². The van der Waals surface area contributed by atoms with E-state index in [0.29, 0.717) is 5.69 Å². The Bertz CT molecular complexity index is 756. The molecule has 2 aromatic carbocycles. The average Bonchev–Trinajstić information content (AvgIpc) is 2.72. The Kier molecular flexibility index (Phi) is 3.06. The Balaban J connectivity index is 1.96. The Labute approximate surface area is 120 Å². The number of anilines is 1. The molecule has 1 aliphatic heterocycles. The summed E-state index contributed by atoms with van der Waals surface area (Å²) >= 11 is 0. The van der Waals surface area contributed by atoms with Gasteiger partial charge in [0.1, 0.15) is 6.04 Å². The number of hydrogen-bond acceptors (Lipinski definition) is 3. The molecule has 1 fully saturated rings. The molecular formula is C15H12N2O4. The maximum atomic E-state index is 12.2. The third-order valence-corrected chi connectivity index (χ3v) is 3.39. The second kappa shape index (κ2) is 4.90. The zero-order valence-corrected chi connectivity index (χ0v) is 10.9. The number of hydrogen-bond donors (Lipinski definition) is 2. The fraction of sp³-hybridized carbons (Fsp3) is 0.133. The summed E-state index contributed by atoms with van der Waals surface area (Å²) in [5, 5.41) is 13.0. The fourth-order valence-corrected chi connectivity index (χ4v) is 2.40. The standard InChI is InChI=1S/C15H12N2O4/c18-13(19)8-12-14(20)17(15(21)16-12)11-6-5-9-3-1-2-4-10(9)7-11/h1-7,12H,8H2,(H,16,21)(H,18,19)/t12-/m0/s1. The van der Waals surface area contributed by atoms with Gasteiger partial charge in [0, 0.05) is 0 Å². The van der Waals surface area contributed by atoms with Gasteiger partial charge < -0.3 is 10.4 Å². The molecule has 0 aliphatic carbocycles. The number of urea groups is 1. The summed E-state index contributed by atoms with van der Waals surface area (Å²) in [6.45, 7) is 0. The van der Waals surface area contributed by atoms with E-state index in [-0.39, 0.29) is 0 Å². The molecule has 1 heterocycles. The summed E-state index contributed by atoms with van der Waals surface area (Å²) in [4.78, 5) is 35.8. The van der Waals surface area contributed by atoms with Gasteiger partial charge in [0.05, 0.1) is 12.1 Å². The average molecular weight is 284 g/mol. The predicted molar refractivity (Wildman–Crippen MR) is 76.0 cm³/mol. The van der Waals surface area contributed by atoms with Gasteiger partial charge in [-0.15, -0.1) is 0 Å². The molecule has 3 rings (SSSR count). The van der Waals surface area contributed by atoms with Crippen molar-refractivity contribution in [2.45, 2.75) is 12.5 Å². The molecule has 1 atom stereocenters. The highest BCUT2D eigenvalue weighted by Gasteiger charge is 2.40. The smallest absolute Gasteiger partial charge is 0.329 e. The third kappa shape index (κ3) is 2.31. The number of carbonyl (C=O) groups is 3. The zero-order valence-electron chi connectivity index (χ0n) is 10.9. The van der Waals surface area contributed by atoms with Crippen molar-refractivity contribution in [1.82, 2.24) is 5.32 Å². The largest absolute Gasteiger partial charge is 0.481 e. The number of carboxylic acid groups (broad SMARTS) is 1. The summed E-state index contributed by atoms with van der Waals surface area (Å²) < 4.78 is 0. The molecule has 21 heavy (non-hydrogen) atoms. The minimum Gasteiger partial charge on any atom is -0.481 e. The SMILES string of the molecule is O=C(O)C[C@@H]1NC(=O)N(c2ccc3ccccc3c2)C1=O. The topological polar surface area (TPSA) is 86.7 Å². The molecule has 1 aliphatic rings. The van der Waals surface area contributed by atoms with Gasteiger partial charge in [-0.1, -0.05) is 30.3 Å². The molecule has 106 valence electrons. The van der Waals surface area contributed by atoms with Crippen LogP contribution in [0.3, 0.4) is 0 Å². The lowest BCUT2D eigenvalue weighted by atomic mass is 10.1. The van der Waals surface area contributed by atoms with Crippen LogP contribution in [0.5, 0.6) is 0 Å². The van der Waals surface area contributed by atoms with Crippen molar-refractivity contribution in [3.05, 3.63) is 42.5 Å². The molecule has 0 spiro atoms. The van der Waals surface area contributed by atoms with Gasteiger partial charge in [-0.25, -0.2) is 9.69 Å². The summed E-state index contributed by atoms with van der Waals surface area (Å²) in [6, 6.07) is 11.2. The van der Waals surface area contributed by atoms with Crippen LogP contribution in [-0.4, -0.2) is 29.1 Å².